The average Bonchev–Trinajstić information content (AvgIpc) is 3.17. The fraction of sp³-hybridized carbons (Fsp3) is 0.133. The van der Waals surface area contributed by atoms with Gasteiger partial charge in [0.2, 0.25) is 6.41 Å². The van der Waals surface area contributed by atoms with Crippen LogP contribution in [0.4, 0.5) is 32.8 Å². The lowest BCUT2D eigenvalue weighted by Crippen LogP contribution is -2.16. The first-order valence-electron chi connectivity index (χ1n) is 6.98. The summed E-state index contributed by atoms with van der Waals surface area (Å²) in [5.74, 6) is -1.96. The van der Waals surface area contributed by atoms with Gasteiger partial charge in [0.15, 0.2) is 10.8 Å². The highest BCUT2D eigenvalue weighted by Crippen LogP contribution is 2.37. The van der Waals surface area contributed by atoms with Crippen LogP contribution in [0.1, 0.15) is 5.69 Å². The van der Waals surface area contributed by atoms with E-state index in [0.29, 0.717) is 4.90 Å². The average molecular weight is 388 g/mol. The molecule has 2 heterocycles. The summed E-state index contributed by atoms with van der Waals surface area (Å²) in [6, 6.07) is 3.91. The van der Waals surface area contributed by atoms with E-state index in [1.54, 1.807) is 0 Å². The standard InChI is InChI=1S/C15H9F5N4OS/c1-23-10(5-12(22-23)15(18,19)20)11-6-21-14(26-11)24(7-25)13-8(16)3-2-4-9(13)17/h2-7H,1H3. The molecule has 0 aliphatic carbocycles. The molecule has 1 aromatic carbocycles. The number of aryl methyl sites for hydroxylation is 1. The van der Waals surface area contributed by atoms with Crippen LogP contribution < -0.4 is 4.90 Å². The molecule has 3 rings (SSSR count). The van der Waals surface area contributed by atoms with Crippen LogP contribution in [0.3, 0.4) is 0 Å². The number of rotatable bonds is 4. The SMILES string of the molecule is Cn1nc(C(F)(F)F)cc1-c1cnc(N(C=O)c2c(F)cccc2F)s1. The smallest absolute Gasteiger partial charge is 0.278 e. The molecule has 0 atom stereocenters. The number of halogens is 5. The second-order valence-electron chi connectivity index (χ2n) is 5.09. The van der Waals surface area contributed by atoms with Gasteiger partial charge in [0.25, 0.3) is 0 Å². The van der Waals surface area contributed by atoms with Crippen LogP contribution in [0.5, 0.6) is 0 Å². The predicted molar refractivity (Wildman–Crippen MR) is 83.9 cm³/mol. The Labute approximate surface area is 147 Å². The van der Waals surface area contributed by atoms with Crippen LogP contribution in [0.25, 0.3) is 10.6 Å². The Balaban J connectivity index is 2.02. The number of para-hydroxylation sites is 1. The molecule has 11 heteroatoms. The second-order valence-corrected chi connectivity index (χ2v) is 6.10. The van der Waals surface area contributed by atoms with Crippen molar-refractivity contribution in [1.29, 1.82) is 0 Å². The molecule has 136 valence electrons. The van der Waals surface area contributed by atoms with Crippen LogP contribution >= 0.6 is 11.3 Å². The summed E-state index contributed by atoms with van der Waals surface area (Å²) >= 11 is 0.791. The summed E-state index contributed by atoms with van der Waals surface area (Å²) in [6.07, 6.45) is -3.24. The molecule has 2 aromatic heterocycles. The maximum absolute atomic E-state index is 13.9. The number of amides is 1. The number of benzene rings is 1. The highest BCUT2D eigenvalue weighted by Gasteiger charge is 2.35. The zero-order valence-electron chi connectivity index (χ0n) is 13.0. The molecule has 0 radical (unpaired) electrons. The van der Waals surface area contributed by atoms with E-state index < -0.39 is 29.2 Å². The van der Waals surface area contributed by atoms with Crippen LogP contribution in [-0.2, 0) is 18.0 Å². The number of hydrogen-bond acceptors (Lipinski definition) is 4. The summed E-state index contributed by atoms with van der Waals surface area (Å²) in [5.41, 5.74) is -1.61. The fourth-order valence-electron chi connectivity index (χ4n) is 2.24. The lowest BCUT2D eigenvalue weighted by atomic mass is 10.3. The zero-order chi connectivity index (χ0) is 19.1. The zero-order valence-corrected chi connectivity index (χ0v) is 13.8. The minimum atomic E-state index is -4.62. The third kappa shape index (κ3) is 3.17. The summed E-state index contributed by atoms with van der Waals surface area (Å²) in [5, 5.41) is 3.28. The molecule has 0 spiro atoms. The Morgan fingerprint density at radius 1 is 1.23 bits per heavy atom. The molecule has 0 unspecified atom stereocenters. The van der Waals surface area contributed by atoms with Crippen LogP contribution in [0, 0.1) is 11.6 Å². The molecule has 3 aromatic rings. The first kappa shape index (κ1) is 18.0. The number of hydrogen-bond donors (Lipinski definition) is 0. The van der Waals surface area contributed by atoms with Gasteiger partial charge in [0, 0.05) is 13.2 Å². The summed E-state index contributed by atoms with van der Waals surface area (Å²) in [4.78, 5) is 16.1. The van der Waals surface area contributed by atoms with Gasteiger partial charge in [-0.05, 0) is 18.2 Å². The lowest BCUT2D eigenvalue weighted by Gasteiger charge is -2.15. The van der Waals surface area contributed by atoms with E-state index in [9.17, 15) is 26.7 Å². The van der Waals surface area contributed by atoms with E-state index in [-0.39, 0.29) is 22.1 Å². The molecule has 0 fully saturated rings. The van der Waals surface area contributed by atoms with Gasteiger partial charge in [-0.15, -0.1) is 0 Å². The van der Waals surface area contributed by atoms with Crippen molar-refractivity contribution in [2.24, 2.45) is 7.05 Å². The van der Waals surface area contributed by atoms with Gasteiger partial charge in [-0.25, -0.2) is 13.8 Å². The summed E-state index contributed by atoms with van der Waals surface area (Å²) < 4.78 is 67.1. The van der Waals surface area contributed by atoms with Crippen molar-refractivity contribution in [3.05, 3.63) is 47.8 Å². The molecule has 0 bridgehead atoms. The van der Waals surface area contributed by atoms with Crippen LogP contribution in [-0.4, -0.2) is 21.2 Å². The van der Waals surface area contributed by atoms with E-state index in [2.05, 4.69) is 10.1 Å². The van der Waals surface area contributed by atoms with E-state index in [1.165, 1.54) is 13.2 Å². The Bertz CT molecular complexity index is 945. The summed E-state index contributed by atoms with van der Waals surface area (Å²) in [6.45, 7) is 0. The molecule has 26 heavy (non-hydrogen) atoms. The Morgan fingerprint density at radius 3 is 2.42 bits per heavy atom. The number of aromatic nitrogens is 3. The third-order valence-corrected chi connectivity index (χ3v) is 4.43. The van der Waals surface area contributed by atoms with E-state index in [4.69, 9.17) is 0 Å². The van der Waals surface area contributed by atoms with Crippen molar-refractivity contribution < 1.29 is 26.7 Å². The van der Waals surface area contributed by atoms with Gasteiger partial charge in [-0.2, -0.15) is 18.3 Å². The molecular weight excluding hydrogens is 379 g/mol. The minimum absolute atomic E-state index is 0.0981. The highest BCUT2D eigenvalue weighted by molar-refractivity contribution is 7.19. The Kier molecular flexibility index (Phi) is 4.48. The van der Waals surface area contributed by atoms with Crippen molar-refractivity contribution in [3.8, 4) is 10.6 Å². The maximum Gasteiger partial charge on any atom is 0.435 e. The molecule has 0 saturated carbocycles. The number of alkyl halides is 3. The molecule has 0 aliphatic heterocycles. The number of anilines is 2. The number of carbonyl (C=O) groups excluding carboxylic acids is 1. The number of nitrogens with zero attached hydrogens (tertiary/aromatic N) is 4. The lowest BCUT2D eigenvalue weighted by molar-refractivity contribution is -0.141. The van der Waals surface area contributed by atoms with Crippen molar-refractivity contribution in [1.82, 2.24) is 14.8 Å². The Morgan fingerprint density at radius 2 is 1.88 bits per heavy atom. The number of carbonyl (C=O) groups is 1. The van der Waals surface area contributed by atoms with Gasteiger partial charge in [0.1, 0.15) is 17.3 Å². The first-order chi connectivity index (χ1) is 12.2. The van der Waals surface area contributed by atoms with Crippen LogP contribution in [0.15, 0.2) is 30.5 Å². The predicted octanol–water partition coefficient (Wildman–Crippen LogP) is 4.14. The molecule has 0 N–H and O–H groups in total. The normalized spacial score (nSPS) is 11.6. The van der Waals surface area contributed by atoms with Crippen molar-refractivity contribution >= 4 is 28.6 Å². The summed E-state index contributed by atoms with van der Waals surface area (Å²) in [7, 11) is 1.32. The van der Waals surface area contributed by atoms with Crippen LogP contribution in [0.2, 0.25) is 0 Å². The van der Waals surface area contributed by atoms with Crippen molar-refractivity contribution in [2.45, 2.75) is 6.18 Å². The third-order valence-electron chi connectivity index (χ3n) is 3.41. The van der Waals surface area contributed by atoms with Gasteiger partial charge in [0.05, 0.1) is 10.6 Å². The minimum Gasteiger partial charge on any atom is -0.278 e. The number of thiazole rings is 1. The highest BCUT2D eigenvalue weighted by atomic mass is 32.1. The largest absolute Gasteiger partial charge is 0.435 e. The van der Waals surface area contributed by atoms with Crippen molar-refractivity contribution in [2.75, 3.05) is 4.90 Å². The second kappa shape index (κ2) is 6.48. The quantitative estimate of drug-likeness (QED) is 0.499. The maximum atomic E-state index is 13.9. The molecular formula is C15H9F5N4OS. The van der Waals surface area contributed by atoms with Gasteiger partial charge < -0.3 is 0 Å². The molecule has 0 aliphatic rings. The van der Waals surface area contributed by atoms with Gasteiger partial charge in [-0.1, -0.05) is 17.4 Å². The Hall–Kier alpha value is -2.82. The molecule has 1 amide bonds. The van der Waals surface area contributed by atoms with E-state index >= 15 is 0 Å². The van der Waals surface area contributed by atoms with E-state index in [0.717, 1.165) is 40.3 Å². The van der Waals surface area contributed by atoms with Gasteiger partial charge >= 0.3 is 6.18 Å². The topological polar surface area (TPSA) is 51.0 Å². The monoisotopic (exact) mass is 388 g/mol. The van der Waals surface area contributed by atoms with Gasteiger partial charge in [-0.3, -0.25) is 14.4 Å². The van der Waals surface area contributed by atoms with E-state index in [1.807, 2.05) is 0 Å². The molecule has 0 saturated heterocycles. The first-order valence-corrected chi connectivity index (χ1v) is 7.80. The van der Waals surface area contributed by atoms with Crippen molar-refractivity contribution in [3.63, 3.8) is 0 Å². The molecule has 5 nitrogen and oxygen atoms in total. The fourth-order valence-corrected chi connectivity index (χ4v) is 3.18.